The fourth-order valence-electron chi connectivity index (χ4n) is 2.42. The summed E-state index contributed by atoms with van der Waals surface area (Å²) in [5.74, 6) is 0.759. The van der Waals surface area contributed by atoms with Gasteiger partial charge in [0, 0.05) is 13.7 Å². The van der Waals surface area contributed by atoms with Gasteiger partial charge in [0.1, 0.15) is 12.1 Å². The van der Waals surface area contributed by atoms with Gasteiger partial charge in [0.25, 0.3) is 0 Å². The van der Waals surface area contributed by atoms with Gasteiger partial charge < -0.3 is 14.8 Å². The number of hydrogen-bond donors (Lipinski definition) is 1. The van der Waals surface area contributed by atoms with E-state index in [-0.39, 0.29) is 0 Å². The van der Waals surface area contributed by atoms with E-state index in [2.05, 4.69) is 39.4 Å². The second-order valence-electron chi connectivity index (χ2n) is 5.39. The maximum absolute atomic E-state index is 5.44. The molecule has 0 unspecified atom stereocenters. The summed E-state index contributed by atoms with van der Waals surface area (Å²) in [6.45, 7) is 4.48. The largest absolute Gasteiger partial charge is 0.382 e. The normalized spacial score (nSPS) is 11.1. The van der Waals surface area contributed by atoms with Crippen molar-refractivity contribution < 1.29 is 9.47 Å². The number of hydrogen-bond acceptors (Lipinski definition) is 6. The molecule has 0 saturated carbocycles. The Labute approximate surface area is 140 Å². The van der Waals surface area contributed by atoms with E-state index < -0.39 is 0 Å². The van der Waals surface area contributed by atoms with Crippen LogP contribution in [-0.4, -0.2) is 53.2 Å². The van der Waals surface area contributed by atoms with Crippen LogP contribution >= 0.6 is 0 Å². The average Bonchev–Trinajstić information content (AvgIpc) is 3.03. The first-order chi connectivity index (χ1) is 11.8. The summed E-state index contributed by atoms with van der Waals surface area (Å²) in [4.78, 5) is 8.69. The molecule has 0 radical (unpaired) electrons. The number of nitrogens with zero attached hydrogens (tertiary/aromatic N) is 4. The molecule has 3 rings (SSSR count). The van der Waals surface area contributed by atoms with E-state index in [1.807, 2.05) is 16.8 Å². The molecule has 0 fully saturated rings. The molecule has 0 aliphatic rings. The molecule has 1 N–H and O–H groups in total. The molecule has 126 valence electrons. The van der Waals surface area contributed by atoms with Crippen molar-refractivity contribution in [3.63, 3.8) is 0 Å². The summed E-state index contributed by atoms with van der Waals surface area (Å²) in [7, 11) is 1.66. The number of rotatable bonds is 8. The Morgan fingerprint density at radius 1 is 1.17 bits per heavy atom. The third-order valence-electron chi connectivity index (χ3n) is 3.58. The zero-order valence-corrected chi connectivity index (χ0v) is 13.9. The summed E-state index contributed by atoms with van der Waals surface area (Å²) in [6, 6.07) is 8.15. The molecule has 0 atom stereocenters. The molecule has 0 aliphatic carbocycles. The number of fused-ring (bicyclic) bond motifs is 1. The Kier molecular flexibility index (Phi) is 5.35. The van der Waals surface area contributed by atoms with Crippen LogP contribution in [0, 0.1) is 6.92 Å². The Morgan fingerprint density at radius 3 is 2.92 bits per heavy atom. The first-order valence-electron chi connectivity index (χ1n) is 7.86. The fraction of sp³-hybridized carbons (Fsp3) is 0.353. The van der Waals surface area contributed by atoms with Gasteiger partial charge in [-0.1, -0.05) is 12.1 Å². The summed E-state index contributed by atoms with van der Waals surface area (Å²) in [5.41, 5.74) is 2.94. The van der Waals surface area contributed by atoms with Crippen LogP contribution in [-0.2, 0) is 9.47 Å². The standard InChI is InChI=1S/C17H21N5O2/c1-13-4-3-5-14(10-13)22-17-15(11-21-22)16(19-12-20-17)18-6-7-24-9-8-23-2/h3-5,10-12H,6-9H2,1-2H3,(H,18,19,20). The van der Waals surface area contributed by atoms with E-state index in [1.54, 1.807) is 19.6 Å². The van der Waals surface area contributed by atoms with Crippen molar-refractivity contribution in [1.29, 1.82) is 0 Å². The van der Waals surface area contributed by atoms with Gasteiger partial charge in [0.2, 0.25) is 0 Å². The van der Waals surface area contributed by atoms with Crippen molar-refractivity contribution in [2.45, 2.75) is 6.92 Å². The Bertz CT molecular complexity index is 803. The van der Waals surface area contributed by atoms with Crippen LogP contribution in [0.4, 0.5) is 5.82 Å². The molecule has 2 heterocycles. The van der Waals surface area contributed by atoms with E-state index in [9.17, 15) is 0 Å². The molecule has 3 aromatic rings. The lowest BCUT2D eigenvalue weighted by Gasteiger charge is -2.08. The summed E-state index contributed by atoms with van der Waals surface area (Å²) < 4.78 is 12.2. The molecule has 24 heavy (non-hydrogen) atoms. The van der Waals surface area contributed by atoms with Crippen molar-refractivity contribution in [2.24, 2.45) is 0 Å². The van der Waals surface area contributed by atoms with Gasteiger partial charge in [0.15, 0.2) is 5.65 Å². The number of aromatic nitrogens is 4. The maximum atomic E-state index is 5.44. The predicted molar refractivity (Wildman–Crippen MR) is 92.6 cm³/mol. The van der Waals surface area contributed by atoms with Crippen molar-refractivity contribution in [3.8, 4) is 5.69 Å². The molecule has 2 aromatic heterocycles. The molecule has 7 heteroatoms. The second kappa shape index (κ2) is 7.85. The van der Waals surface area contributed by atoms with Crippen LogP contribution in [0.1, 0.15) is 5.56 Å². The Balaban J connectivity index is 1.75. The van der Waals surface area contributed by atoms with E-state index in [4.69, 9.17) is 9.47 Å². The lowest BCUT2D eigenvalue weighted by molar-refractivity contribution is 0.0759. The summed E-state index contributed by atoms with van der Waals surface area (Å²) in [5, 5.41) is 8.62. The lowest BCUT2D eigenvalue weighted by Crippen LogP contribution is -2.13. The second-order valence-corrected chi connectivity index (χ2v) is 5.39. The molecular weight excluding hydrogens is 306 g/mol. The minimum Gasteiger partial charge on any atom is -0.382 e. The molecule has 0 aliphatic heterocycles. The highest BCUT2D eigenvalue weighted by atomic mass is 16.5. The minimum atomic E-state index is 0.584. The third-order valence-corrected chi connectivity index (χ3v) is 3.58. The van der Waals surface area contributed by atoms with Crippen LogP contribution in [0.3, 0.4) is 0 Å². The monoisotopic (exact) mass is 327 g/mol. The van der Waals surface area contributed by atoms with Crippen LogP contribution in [0.2, 0.25) is 0 Å². The number of nitrogens with one attached hydrogen (secondary N) is 1. The summed E-state index contributed by atoms with van der Waals surface area (Å²) in [6.07, 6.45) is 3.33. The molecule has 0 saturated heterocycles. The fourth-order valence-corrected chi connectivity index (χ4v) is 2.42. The van der Waals surface area contributed by atoms with Crippen LogP contribution in [0.25, 0.3) is 16.7 Å². The van der Waals surface area contributed by atoms with Crippen LogP contribution < -0.4 is 5.32 Å². The molecule has 0 amide bonds. The molecular formula is C17H21N5O2. The van der Waals surface area contributed by atoms with Gasteiger partial charge in [0.05, 0.1) is 37.1 Å². The average molecular weight is 327 g/mol. The third kappa shape index (κ3) is 3.69. The topological polar surface area (TPSA) is 74.1 Å². The highest BCUT2D eigenvalue weighted by Gasteiger charge is 2.10. The first kappa shape index (κ1) is 16.4. The quantitative estimate of drug-likeness (QED) is 0.639. The first-order valence-corrected chi connectivity index (χ1v) is 7.86. The van der Waals surface area contributed by atoms with Gasteiger partial charge in [-0.2, -0.15) is 5.10 Å². The number of aryl methyl sites for hydroxylation is 1. The SMILES string of the molecule is COCCOCCNc1ncnc2c1cnn2-c1cccc(C)c1. The molecule has 1 aromatic carbocycles. The van der Waals surface area contributed by atoms with Crippen molar-refractivity contribution in [3.05, 3.63) is 42.4 Å². The van der Waals surface area contributed by atoms with E-state index in [0.29, 0.717) is 26.4 Å². The van der Waals surface area contributed by atoms with E-state index in [0.717, 1.165) is 22.5 Å². The molecule has 0 bridgehead atoms. The number of anilines is 1. The van der Waals surface area contributed by atoms with Crippen LogP contribution in [0.15, 0.2) is 36.8 Å². The number of methoxy groups -OCH3 is 1. The summed E-state index contributed by atoms with van der Waals surface area (Å²) >= 11 is 0. The zero-order valence-electron chi connectivity index (χ0n) is 13.9. The predicted octanol–water partition coefficient (Wildman–Crippen LogP) is 2.20. The van der Waals surface area contributed by atoms with Crippen molar-refractivity contribution in [1.82, 2.24) is 19.7 Å². The van der Waals surface area contributed by atoms with Gasteiger partial charge in [-0.3, -0.25) is 0 Å². The number of ether oxygens (including phenoxy) is 2. The maximum Gasteiger partial charge on any atom is 0.168 e. The van der Waals surface area contributed by atoms with Crippen molar-refractivity contribution in [2.75, 3.05) is 38.8 Å². The highest BCUT2D eigenvalue weighted by Crippen LogP contribution is 2.21. The lowest BCUT2D eigenvalue weighted by atomic mass is 10.2. The Hall–Kier alpha value is -2.51. The van der Waals surface area contributed by atoms with Crippen LogP contribution in [0.5, 0.6) is 0 Å². The minimum absolute atomic E-state index is 0.584. The smallest absolute Gasteiger partial charge is 0.168 e. The van der Waals surface area contributed by atoms with Gasteiger partial charge in [-0.15, -0.1) is 0 Å². The molecule has 0 spiro atoms. The van der Waals surface area contributed by atoms with Gasteiger partial charge in [-0.05, 0) is 24.6 Å². The number of benzene rings is 1. The van der Waals surface area contributed by atoms with Gasteiger partial charge >= 0.3 is 0 Å². The van der Waals surface area contributed by atoms with E-state index in [1.165, 1.54) is 5.56 Å². The van der Waals surface area contributed by atoms with E-state index >= 15 is 0 Å². The Morgan fingerprint density at radius 2 is 2.08 bits per heavy atom. The van der Waals surface area contributed by atoms with Gasteiger partial charge in [-0.25, -0.2) is 14.6 Å². The van der Waals surface area contributed by atoms with Crippen molar-refractivity contribution >= 4 is 16.9 Å². The molecule has 7 nitrogen and oxygen atoms in total. The zero-order chi connectivity index (χ0) is 16.8. The highest BCUT2D eigenvalue weighted by molar-refractivity contribution is 5.87.